The first-order valence-corrected chi connectivity index (χ1v) is 7.13. The van der Waals surface area contributed by atoms with Crippen LogP contribution in [0, 0.1) is 5.82 Å². The number of aliphatic hydroxyl groups excluding tert-OH is 1. The highest BCUT2D eigenvalue weighted by molar-refractivity contribution is 9.10. The normalized spacial score (nSPS) is 18.3. The van der Waals surface area contributed by atoms with E-state index in [2.05, 4.69) is 15.9 Å². The van der Waals surface area contributed by atoms with Crippen molar-refractivity contribution < 1.29 is 14.3 Å². The van der Waals surface area contributed by atoms with Crippen molar-refractivity contribution in [3.63, 3.8) is 0 Å². The molecule has 0 spiro atoms. The van der Waals surface area contributed by atoms with Gasteiger partial charge >= 0.3 is 0 Å². The number of carbonyl (C=O) groups is 1. The number of benzene rings is 1. The van der Waals surface area contributed by atoms with Crippen molar-refractivity contribution in [1.29, 1.82) is 0 Å². The molecule has 6 heteroatoms. The molecule has 1 atom stereocenters. The molecular formula is C13H16BrClFNO2. The second-order valence-electron chi connectivity index (χ2n) is 4.30. The molecule has 1 aromatic rings. The number of rotatable bonds is 2. The molecule has 1 unspecified atom stereocenters. The zero-order valence-electron chi connectivity index (χ0n) is 10.6. The quantitative estimate of drug-likeness (QED) is 0.656. The predicted octanol–water partition coefficient (Wildman–Crippen LogP) is 2.36. The summed E-state index contributed by atoms with van der Waals surface area (Å²) in [6.07, 6.45) is 1.35. The lowest BCUT2D eigenvalue weighted by Crippen LogP contribution is -2.40. The fraction of sp³-hybridized carbons (Fsp3) is 0.462. The van der Waals surface area contributed by atoms with Crippen LogP contribution in [0.15, 0.2) is 16.6 Å². The van der Waals surface area contributed by atoms with Gasteiger partial charge < -0.3 is 9.90 Å². The van der Waals surface area contributed by atoms with Gasteiger partial charge in [-0.2, -0.15) is 0 Å². The number of likely N-dealkylation sites (N-methyl/N-ethyl adjacent to an activating group) is 1. The maximum absolute atomic E-state index is 13.6. The smallest absolute Gasteiger partial charge is 0.134 e. The lowest BCUT2D eigenvalue weighted by Gasteiger charge is -2.33. The van der Waals surface area contributed by atoms with Crippen LogP contribution >= 0.6 is 27.5 Å². The molecular weight excluding hydrogens is 337 g/mol. The summed E-state index contributed by atoms with van der Waals surface area (Å²) >= 11 is 8.10. The number of fused-ring (bicyclic) bond motifs is 1. The Kier molecular flexibility index (Phi) is 6.93. The van der Waals surface area contributed by atoms with E-state index >= 15 is 0 Å². The third kappa shape index (κ3) is 4.53. The van der Waals surface area contributed by atoms with Gasteiger partial charge in [0.1, 0.15) is 12.1 Å². The average molecular weight is 353 g/mol. The Morgan fingerprint density at radius 2 is 2.26 bits per heavy atom. The molecule has 106 valence electrons. The molecule has 1 aliphatic heterocycles. The maximum atomic E-state index is 13.6. The topological polar surface area (TPSA) is 40.5 Å². The second-order valence-corrected chi connectivity index (χ2v) is 5.53. The molecule has 1 N–H and O–H groups in total. The van der Waals surface area contributed by atoms with Gasteiger partial charge in [0.15, 0.2) is 0 Å². The Balaban J connectivity index is 0.000000399. The van der Waals surface area contributed by atoms with Crippen LogP contribution < -0.4 is 0 Å². The SMILES string of the molecule is CN1Cc2c(F)cc(Br)cc2CC1CO.O=CCCl. The summed E-state index contributed by atoms with van der Waals surface area (Å²) < 4.78 is 14.4. The van der Waals surface area contributed by atoms with Gasteiger partial charge in [0, 0.05) is 22.6 Å². The first-order valence-electron chi connectivity index (χ1n) is 5.81. The number of nitrogens with zero attached hydrogens (tertiary/aromatic N) is 1. The number of alkyl halides is 1. The monoisotopic (exact) mass is 351 g/mol. The standard InChI is InChI=1S/C11H13BrFNO.C2H3ClO/c1-14-5-10-7(3-9(14)6-15)2-8(12)4-11(10)13;3-1-2-4/h2,4,9,15H,3,5-6H2,1H3;2H,1H2. The van der Waals surface area contributed by atoms with Gasteiger partial charge in [0.25, 0.3) is 0 Å². The Morgan fingerprint density at radius 3 is 2.79 bits per heavy atom. The molecule has 0 saturated heterocycles. The molecule has 1 heterocycles. The lowest BCUT2D eigenvalue weighted by atomic mass is 9.94. The Bertz CT molecular complexity index is 445. The molecule has 0 bridgehead atoms. The fourth-order valence-electron chi connectivity index (χ4n) is 2.01. The summed E-state index contributed by atoms with van der Waals surface area (Å²) in [6.45, 7) is 0.684. The predicted molar refractivity (Wildman–Crippen MR) is 76.9 cm³/mol. The van der Waals surface area contributed by atoms with Crippen molar-refractivity contribution >= 4 is 33.8 Å². The van der Waals surface area contributed by atoms with Crippen molar-refractivity contribution in [2.75, 3.05) is 19.5 Å². The number of hydrogen-bond acceptors (Lipinski definition) is 3. The van der Waals surface area contributed by atoms with Gasteiger partial charge in [0.2, 0.25) is 0 Å². The van der Waals surface area contributed by atoms with E-state index in [0.29, 0.717) is 19.3 Å². The molecule has 2 rings (SSSR count). The van der Waals surface area contributed by atoms with Crippen LogP contribution in [-0.4, -0.2) is 41.9 Å². The summed E-state index contributed by atoms with van der Waals surface area (Å²) in [5, 5.41) is 9.18. The maximum Gasteiger partial charge on any atom is 0.134 e. The first kappa shape index (κ1) is 16.6. The van der Waals surface area contributed by atoms with Gasteiger partial charge in [0.05, 0.1) is 12.5 Å². The van der Waals surface area contributed by atoms with E-state index in [-0.39, 0.29) is 24.3 Å². The number of halogens is 3. The number of carbonyl (C=O) groups excluding carboxylic acids is 1. The van der Waals surface area contributed by atoms with E-state index in [1.807, 2.05) is 18.0 Å². The largest absolute Gasteiger partial charge is 0.395 e. The Hall–Kier alpha value is -0.490. The van der Waals surface area contributed by atoms with E-state index in [9.17, 15) is 9.50 Å². The van der Waals surface area contributed by atoms with Crippen LogP contribution in [0.4, 0.5) is 4.39 Å². The van der Waals surface area contributed by atoms with Crippen molar-refractivity contribution in [1.82, 2.24) is 4.90 Å². The van der Waals surface area contributed by atoms with Gasteiger partial charge in [-0.25, -0.2) is 4.39 Å². The van der Waals surface area contributed by atoms with Gasteiger partial charge in [-0.15, -0.1) is 11.6 Å². The summed E-state index contributed by atoms with van der Waals surface area (Å²) in [4.78, 5) is 11.0. The van der Waals surface area contributed by atoms with E-state index in [1.165, 1.54) is 6.07 Å². The Morgan fingerprint density at radius 1 is 1.63 bits per heavy atom. The van der Waals surface area contributed by atoms with Crippen LogP contribution in [0.5, 0.6) is 0 Å². The Labute approximate surface area is 125 Å². The number of aldehydes is 1. The zero-order chi connectivity index (χ0) is 14.4. The molecule has 0 fully saturated rings. The zero-order valence-corrected chi connectivity index (χ0v) is 12.9. The summed E-state index contributed by atoms with van der Waals surface area (Å²) in [7, 11) is 1.91. The van der Waals surface area contributed by atoms with Crippen molar-refractivity contribution in [2.24, 2.45) is 0 Å². The van der Waals surface area contributed by atoms with Crippen molar-refractivity contribution in [3.8, 4) is 0 Å². The molecule has 1 aromatic carbocycles. The highest BCUT2D eigenvalue weighted by Crippen LogP contribution is 2.27. The minimum atomic E-state index is -0.164. The molecule has 19 heavy (non-hydrogen) atoms. The molecule has 1 aliphatic rings. The third-order valence-corrected chi connectivity index (χ3v) is 3.60. The molecule has 0 saturated carbocycles. The third-order valence-electron chi connectivity index (χ3n) is 3.01. The van der Waals surface area contributed by atoms with Crippen LogP contribution in [0.25, 0.3) is 0 Å². The van der Waals surface area contributed by atoms with Crippen molar-refractivity contribution in [3.05, 3.63) is 33.5 Å². The van der Waals surface area contributed by atoms with Crippen LogP contribution in [0.3, 0.4) is 0 Å². The summed E-state index contributed by atoms with van der Waals surface area (Å²) in [6, 6.07) is 3.53. The summed E-state index contributed by atoms with van der Waals surface area (Å²) in [5.41, 5.74) is 1.75. The van der Waals surface area contributed by atoms with Crippen LogP contribution in [-0.2, 0) is 17.8 Å². The fourth-order valence-corrected chi connectivity index (χ4v) is 2.49. The number of hydrogen-bond donors (Lipinski definition) is 1. The van der Waals surface area contributed by atoms with Gasteiger partial charge in [-0.3, -0.25) is 4.90 Å². The minimum Gasteiger partial charge on any atom is -0.395 e. The highest BCUT2D eigenvalue weighted by Gasteiger charge is 2.25. The number of aliphatic hydroxyl groups is 1. The average Bonchev–Trinajstić information content (AvgIpc) is 2.39. The minimum absolute atomic E-state index is 0.103. The molecule has 3 nitrogen and oxygen atoms in total. The van der Waals surface area contributed by atoms with E-state index in [1.54, 1.807) is 0 Å². The molecule has 0 amide bonds. The van der Waals surface area contributed by atoms with Crippen LogP contribution in [0.2, 0.25) is 0 Å². The molecule has 0 radical (unpaired) electrons. The van der Waals surface area contributed by atoms with Gasteiger partial charge in [-0.1, -0.05) is 15.9 Å². The molecule has 0 aromatic heterocycles. The lowest BCUT2D eigenvalue weighted by molar-refractivity contribution is -0.105. The van der Waals surface area contributed by atoms with E-state index < -0.39 is 0 Å². The van der Waals surface area contributed by atoms with E-state index in [0.717, 1.165) is 15.6 Å². The van der Waals surface area contributed by atoms with Crippen molar-refractivity contribution in [2.45, 2.75) is 19.0 Å². The van der Waals surface area contributed by atoms with E-state index in [4.69, 9.17) is 16.4 Å². The highest BCUT2D eigenvalue weighted by atomic mass is 79.9. The van der Waals surface area contributed by atoms with Gasteiger partial charge in [-0.05, 0) is 31.2 Å². The van der Waals surface area contributed by atoms with Crippen LogP contribution in [0.1, 0.15) is 11.1 Å². The second kappa shape index (κ2) is 7.94. The first-order chi connectivity index (χ1) is 9.03. The molecule has 0 aliphatic carbocycles. The summed E-state index contributed by atoms with van der Waals surface area (Å²) in [5.74, 6) is -0.0531.